The number of carbonyl (C=O) groups excluding carboxylic acids is 2. The molecule has 1 aliphatic rings. The Morgan fingerprint density at radius 1 is 0.946 bits per heavy atom. The van der Waals surface area contributed by atoms with Gasteiger partial charge in [-0.2, -0.15) is 0 Å². The highest BCUT2D eigenvalue weighted by Gasteiger charge is 2.18. The molecule has 3 aromatic rings. The van der Waals surface area contributed by atoms with Crippen molar-refractivity contribution in [1.29, 1.82) is 0 Å². The molecular formula is C30H38N4O3. The number of nitrogens with zero attached hydrogens (tertiary/aromatic N) is 2. The van der Waals surface area contributed by atoms with E-state index in [1.165, 1.54) is 0 Å². The number of nitrogens with one attached hydrogen (secondary N) is 2. The molecule has 0 saturated carbocycles. The predicted octanol–water partition coefficient (Wildman–Crippen LogP) is 3.92. The van der Waals surface area contributed by atoms with Crippen molar-refractivity contribution in [3.05, 3.63) is 89.2 Å². The van der Waals surface area contributed by atoms with Crippen molar-refractivity contribution in [2.24, 2.45) is 5.92 Å². The molecule has 0 aliphatic carbocycles. The Balaban J connectivity index is 0.00000186. The molecule has 0 atom stereocenters. The summed E-state index contributed by atoms with van der Waals surface area (Å²) in [5.74, 6) is 0.360. The Morgan fingerprint density at radius 2 is 1.68 bits per heavy atom. The van der Waals surface area contributed by atoms with Gasteiger partial charge in [0.25, 0.3) is 11.8 Å². The lowest BCUT2D eigenvalue weighted by Crippen LogP contribution is -2.36. The average molecular weight is 503 g/mol. The number of piperidine rings is 1. The molecule has 2 amide bonds. The average Bonchev–Trinajstić information content (AvgIpc) is 2.96. The fourth-order valence-electron chi connectivity index (χ4n) is 4.53. The first kappa shape index (κ1) is 28.0. The lowest BCUT2D eigenvalue weighted by atomic mass is 9.97. The summed E-state index contributed by atoms with van der Waals surface area (Å²) in [5.41, 5.74) is 5.21. The van der Waals surface area contributed by atoms with Gasteiger partial charge in [-0.05, 0) is 97.9 Å². The van der Waals surface area contributed by atoms with Crippen molar-refractivity contribution >= 4 is 11.8 Å². The molecule has 0 radical (unpaired) electrons. The first-order valence-electron chi connectivity index (χ1n) is 12.9. The molecule has 196 valence electrons. The van der Waals surface area contributed by atoms with Crippen molar-refractivity contribution < 1.29 is 14.7 Å². The maximum Gasteiger partial charge on any atom is 0.251 e. The van der Waals surface area contributed by atoms with Crippen molar-refractivity contribution in [2.45, 2.75) is 32.7 Å². The molecule has 1 saturated heterocycles. The molecular weight excluding hydrogens is 464 g/mol. The topological polar surface area (TPSA) is 94.6 Å². The van der Waals surface area contributed by atoms with Gasteiger partial charge in [-0.25, -0.2) is 0 Å². The molecule has 2 aromatic carbocycles. The molecule has 0 unspecified atom stereocenters. The number of aliphatic hydroxyl groups excluding tert-OH is 1. The summed E-state index contributed by atoms with van der Waals surface area (Å²) >= 11 is 0. The third kappa shape index (κ3) is 7.97. The van der Waals surface area contributed by atoms with Gasteiger partial charge in [-0.3, -0.25) is 14.6 Å². The number of hydrogen-bond donors (Lipinski definition) is 3. The smallest absolute Gasteiger partial charge is 0.251 e. The predicted molar refractivity (Wildman–Crippen MR) is 147 cm³/mol. The number of rotatable bonds is 8. The van der Waals surface area contributed by atoms with Crippen LogP contribution in [0.25, 0.3) is 11.1 Å². The van der Waals surface area contributed by atoms with Gasteiger partial charge in [0.2, 0.25) is 0 Å². The SMILES string of the molecule is CCc1ccc(-c2ccncc2)cc1C(=O)NCc1cccc(C(=O)NCC2CCN(C)CC2)c1.CO. The Morgan fingerprint density at radius 3 is 2.38 bits per heavy atom. The minimum atomic E-state index is -0.116. The maximum atomic E-state index is 13.1. The van der Waals surface area contributed by atoms with E-state index in [0.29, 0.717) is 30.1 Å². The number of aryl methyl sites for hydroxylation is 1. The summed E-state index contributed by atoms with van der Waals surface area (Å²) in [6, 6.07) is 17.4. The molecule has 1 aromatic heterocycles. The second kappa shape index (κ2) is 14.3. The van der Waals surface area contributed by atoms with E-state index < -0.39 is 0 Å². The lowest BCUT2D eigenvalue weighted by molar-refractivity contribution is 0.0936. The third-order valence-corrected chi connectivity index (χ3v) is 6.78. The monoisotopic (exact) mass is 502 g/mol. The standard InChI is InChI=1S/C29H34N4O2.CH4O/c1-3-23-7-8-25(24-9-13-30-14-10-24)18-27(23)29(35)32-20-22-5-4-6-26(17-22)28(34)31-19-21-11-15-33(2)16-12-21;1-2/h4-10,13-14,17-18,21H,3,11-12,15-16,19-20H2,1-2H3,(H,31,34)(H,32,35);2H,1H3. The zero-order valence-electron chi connectivity index (χ0n) is 22.0. The molecule has 7 nitrogen and oxygen atoms in total. The van der Waals surface area contributed by atoms with Crippen molar-refractivity contribution in [3.8, 4) is 11.1 Å². The van der Waals surface area contributed by atoms with Crippen LogP contribution in [-0.4, -0.2) is 60.6 Å². The fourth-order valence-corrected chi connectivity index (χ4v) is 4.53. The lowest BCUT2D eigenvalue weighted by Gasteiger charge is -2.28. The van der Waals surface area contributed by atoms with Gasteiger partial charge < -0.3 is 20.6 Å². The normalized spacial score (nSPS) is 13.8. The van der Waals surface area contributed by atoms with Gasteiger partial charge in [-0.1, -0.05) is 31.2 Å². The number of amides is 2. The van der Waals surface area contributed by atoms with Gasteiger partial charge in [0.1, 0.15) is 0 Å². The van der Waals surface area contributed by atoms with Crippen LogP contribution in [-0.2, 0) is 13.0 Å². The largest absolute Gasteiger partial charge is 0.400 e. The van der Waals surface area contributed by atoms with Crippen LogP contribution in [0, 0.1) is 5.92 Å². The summed E-state index contributed by atoms with van der Waals surface area (Å²) < 4.78 is 0. The summed E-state index contributed by atoms with van der Waals surface area (Å²) in [6.45, 7) is 5.28. The van der Waals surface area contributed by atoms with Crippen molar-refractivity contribution in [3.63, 3.8) is 0 Å². The van der Waals surface area contributed by atoms with E-state index in [2.05, 4.69) is 27.6 Å². The zero-order chi connectivity index (χ0) is 26.6. The van der Waals surface area contributed by atoms with E-state index >= 15 is 0 Å². The Bertz CT molecular complexity index is 1160. The van der Waals surface area contributed by atoms with E-state index in [9.17, 15) is 9.59 Å². The minimum absolute atomic E-state index is 0.0598. The van der Waals surface area contributed by atoms with Crippen molar-refractivity contribution in [1.82, 2.24) is 20.5 Å². The van der Waals surface area contributed by atoms with Crippen LogP contribution in [0.2, 0.25) is 0 Å². The van der Waals surface area contributed by atoms with Crippen LogP contribution in [0.5, 0.6) is 0 Å². The first-order chi connectivity index (χ1) is 18.0. The Labute approximate surface area is 219 Å². The van der Waals surface area contributed by atoms with Gasteiger partial charge in [-0.15, -0.1) is 0 Å². The van der Waals surface area contributed by atoms with Gasteiger partial charge in [0.05, 0.1) is 0 Å². The molecule has 2 heterocycles. The highest BCUT2D eigenvalue weighted by Crippen LogP contribution is 2.23. The Hall–Kier alpha value is -3.55. The number of carbonyl (C=O) groups is 2. The number of aliphatic hydroxyl groups is 1. The van der Waals surface area contributed by atoms with E-state index in [1.807, 2.05) is 61.5 Å². The quantitative estimate of drug-likeness (QED) is 0.434. The molecule has 1 aliphatic heterocycles. The van der Waals surface area contributed by atoms with E-state index in [0.717, 1.165) is 61.7 Å². The molecule has 4 rings (SSSR count). The first-order valence-corrected chi connectivity index (χ1v) is 12.9. The summed E-state index contributed by atoms with van der Waals surface area (Å²) in [7, 11) is 3.14. The number of benzene rings is 2. The van der Waals surface area contributed by atoms with E-state index in [4.69, 9.17) is 5.11 Å². The van der Waals surface area contributed by atoms with E-state index in [-0.39, 0.29) is 11.8 Å². The summed E-state index contributed by atoms with van der Waals surface area (Å²) in [4.78, 5) is 32.2. The van der Waals surface area contributed by atoms with Crippen LogP contribution in [0.15, 0.2) is 67.0 Å². The summed E-state index contributed by atoms with van der Waals surface area (Å²) in [5, 5.41) is 13.1. The van der Waals surface area contributed by atoms with Crippen LogP contribution in [0.4, 0.5) is 0 Å². The van der Waals surface area contributed by atoms with Gasteiger partial charge in [0, 0.05) is 43.7 Å². The van der Waals surface area contributed by atoms with Gasteiger partial charge >= 0.3 is 0 Å². The van der Waals surface area contributed by atoms with Crippen LogP contribution in [0.1, 0.15) is 51.6 Å². The second-order valence-corrected chi connectivity index (χ2v) is 9.30. The molecule has 0 bridgehead atoms. The molecule has 3 N–H and O–H groups in total. The van der Waals surface area contributed by atoms with Gasteiger partial charge in [0.15, 0.2) is 0 Å². The molecule has 7 heteroatoms. The summed E-state index contributed by atoms with van der Waals surface area (Å²) in [6.07, 6.45) is 6.50. The highest BCUT2D eigenvalue weighted by atomic mass is 16.2. The maximum absolute atomic E-state index is 13.1. The third-order valence-electron chi connectivity index (χ3n) is 6.78. The van der Waals surface area contributed by atoms with E-state index in [1.54, 1.807) is 12.4 Å². The number of pyridine rings is 1. The number of likely N-dealkylation sites (tertiary alicyclic amines) is 1. The zero-order valence-corrected chi connectivity index (χ0v) is 22.0. The minimum Gasteiger partial charge on any atom is -0.400 e. The highest BCUT2D eigenvalue weighted by molar-refractivity contribution is 5.97. The molecule has 0 spiro atoms. The number of aromatic nitrogens is 1. The molecule has 1 fully saturated rings. The fraction of sp³-hybridized carbons (Fsp3) is 0.367. The van der Waals surface area contributed by atoms with Crippen LogP contribution in [0.3, 0.4) is 0 Å². The number of hydrogen-bond acceptors (Lipinski definition) is 5. The molecule has 37 heavy (non-hydrogen) atoms. The van der Waals surface area contributed by atoms with Crippen LogP contribution < -0.4 is 10.6 Å². The van der Waals surface area contributed by atoms with Crippen LogP contribution >= 0.6 is 0 Å². The second-order valence-electron chi connectivity index (χ2n) is 9.30. The van der Waals surface area contributed by atoms with Crippen molar-refractivity contribution in [2.75, 3.05) is 33.8 Å². The Kier molecular flexibility index (Phi) is 10.8.